The molecule has 0 spiro atoms. The molecule has 290 valence electrons. The molecule has 12 aromatic rings. The molecule has 0 aliphatic carbocycles. The van der Waals surface area contributed by atoms with Crippen molar-refractivity contribution in [3.8, 4) is 22.5 Å². The van der Waals surface area contributed by atoms with Gasteiger partial charge in [-0.25, -0.2) is 0 Å². The van der Waals surface area contributed by atoms with Crippen LogP contribution in [-0.4, -0.2) is 14.8 Å². The second-order valence-electron chi connectivity index (χ2n) is 16.3. The van der Waals surface area contributed by atoms with Crippen molar-refractivity contribution in [1.29, 1.82) is 0 Å². The maximum absolute atomic E-state index is 5.52. The van der Waals surface area contributed by atoms with Gasteiger partial charge in [0, 0.05) is 44.6 Å². The predicted octanol–water partition coefficient (Wildman–Crippen LogP) is 15.4. The van der Waals surface area contributed by atoms with Crippen molar-refractivity contribution < 1.29 is 0 Å². The molecule has 0 N–H and O–H groups in total. The third-order valence-corrected chi connectivity index (χ3v) is 12.8. The van der Waals surface area contributed by atoms with Crippen molar-refractivity contribution in [3.05, 3.63) is 240 Å². The molecule has 62 heavy (non-hydrogen) atoms. The van der Waals surface area contributed by atoms with Crippen LogP contribution in [-0.2, 0) is 0 Å². The summed E-state index contributed by atoms with van der Waals surface area (Å²) in [5.41, 5.74) is 14.6. The lowest BCUT2D eigenvalue weighted by Crippen LogP contribution is -2.13. The van der Waals surface area contributed by atoms with Crippen LogP contribution in [0.2, 0.25) is 0 Å². The maximum Gasteiger partial charge on any atom is 0.0701 e. The Morgan fingerprint density at radius 3 is 1.82 bits per heavy atom. The van der Waals surface area contributed by atoms with Crippen LogP contribution in [0, 0.1) is 0 Å². The molecule has 13 rings (SSSR count). The van der Waals surface area contributed by atoms with Crippen LogP contribution in [0.5, 0.6) is 0 Å². The molecular formula is C58H37N4-. The second-order valence-corrected chi connectivity index (χ2v) is 16.3. The van der Waals surface area contributed by atoms with E-state index in [4.69, 9.17) is 10.3 Å². The topological polar surface area (TPSA) is 36.3 Å². The van der Waals surface area contributed by atoms with E-state index in [1.165, 1.54) is 59.9 Å². The Bertz CT molecular complexity index is 3790. The van der Waals surface area contributed by atoms with Gasteiger partial charge < -0.3 is 14.5 Å². The molecule has 0 saturated carbocycles. The van der Waals surface area contributed by atoms with E-state index in [-0.39, 0.29) is 0 Å². The number of aromatic nitrogens is 2. The number of aliphatic imine (C=N–C) groups is 1. The molecule has 1 aliphatic heterocycles. The van der Waals surface area contributed by atoms with Gasteiger partial charge in [0.25, 0.3) is 0 Å². The summed E-state index contributed by atoms with van der Waals surface area (Å²) in [6, 6.07) is 78.8. The van der Waals surface area contributed by atoms with Crippen molar-refractivity contribution in [3.63, 3.8) is 0 Å². The third-order valence-electron chi connectivity index (χ3n) is 12.8. The Morgan fingerprint density at radius 2 is 0.968 bits per heavy atom. The van der Waals surface area contributed by atoms with Gasteiger partial charge in [-0.3, -0.25) is 4.99 Å². The first kappa shape index (κ1) is 34.6. The van der Waals surface area contributed by atoms with Crippen LogP contribution in [0.4, 0.5) is 5.69 Å². The highest BCUT2D eigenvalue weighted by Gasteiger charge is 2.21. The average Bonchev–Trinajstić information content (AvgIpc) is 3.86. The molecule has 4 nitrogen and oxygen atoms in total. The smallest absolute Gasteiger partial charge is 0.0701 e. The number of fused-ring (bicyclic) bond motifs is 10. The lowest BCUT2D eigenvalue weighted by atomic mass is 9.91. The van der Waals surface area contributed by atoms with Crippen molar-refractivity contribution >= 4 is 76.6 Å². The highest BCUT2D eigenvalue weighted by Crippen LogP contribution is 2.47. The van der Waals surface area contributed by atoms with Crippen molar-refractivity contribution in [2.45, 2.75) is 6.17 Å². The van der Waals surface area contributed by atoms with E-state index in [1.54, 1.807) is 0 Å². The molecule has 10 aromatic carbocycles. The summed E-state index contributed by atoms with van der Waals surface area (Å²) in [6.07, 6.45) is -0.430. The Hall–Kier alpha value is -8.21. The van der Waals surface area contributed by atoms with Crippen molar-refractivity contribution in [1.82, 2.24) is 9.13 Å². The summed E-state index contributed by atoms with van der Waals surface area (Å²) >= 11 is 0. The molecule has 4 heteroatoms. The lowest BCUT2D eigenvalue weighted by Gasteiger charge is -2.39. The zero-order valence-corrected chi connectivity index (χ0v) is 33.7. The highest BCUT2D eigenvalue weighted by atomic mass is 15.1. The minimum atomic E-state index is -0.430. The Morgan fingerprint density at radius 1 is 0.371 bits per heavy atom. The molecule has 0 saturated heterocycles. The van der Waals surface area contributed by atoms with E-state index in [0.717, 1.165) is 55.9 Å². The zero-order valence-electron chi connectivity index (χ0n) is 33.7. The molecular weight excluding hydrogens is 753 g/mol. The van der Waals surface area contributed by atoms with Crippen molar-refractivity contribution in [2.75, 3.05) is 0 Å². The van der Waals surface area contributed by atoms with E-state index >= 15 is 0 Å². The first-order chi connectivity index (χ1) is 30.8. The van der Waals surface area contributed by atoms with Gasteiger partial charge in [-0.2, -0.15) is 0 Å². The fourth-order valence-corrected chi connectivity index (χ4v) is 10.1. The van der Waals surface area contributed by atoms with E-state index in [1.807, 2.05) is 0 Å². The average molecular weight is 790 g/mol. The van der Waals surface area contributed by atoms with Gasteiger partial charge in [0.15, 0.2) is 0 Å². The summed E-state index contributed by atoms with van der Waals surface area (Å²) in [5, 5.41) is 15.1. The second kappa shape index (κ2) is 13.7. The quantitative estimate of drug-likeness (QED) is 0.167. The van der Waals surface area contributed by atoms with Crippen molar-refractivity contribution in [2.24, 2.45) is 4.99 Å². The predicted molar refractivity (Wildman–Crippen MR) is 260 cm³/mol. The zero-order chi connectivity index (χ0) is 40.7. The standard InChI is InChI=1S/C58H37N4/c1-2-19-41(20-3-1)61-52-29-11-9-25-48(52)55-44(26-14-30-54(55)61)39-32-34-53-50(36-39)46-24-8-10-28-51(46)62(53)42-21-12-18-40(35-42)58-59-56-45-23-7-5-16-38(45)31-33-49(56)57(60-58)47-27-13-17-37-15-4-6-22-43(37)47/h1-36,58H/q-1. The molecule has 3 heterocycles. The summed E-state index contributed by atoms with van der Waals surface area (Å²) in [4.78, 5) is 5.52. The van der Waals surface area contributed by atoms with Gasteiger partial charge in [0.05, 0.1) is 27.8 Å². The molecule has 1 atom stereocenters. The first-order valence-electron chi connectivity index (χ1n) is 21.3. The van der Waals surface area contributed by atoms with Crippen LogP contribution in [0.3, 0.4) is 0 Å². The highest BCUT2D eigenvalue weighted by molar-refractivity contribution is 6.25. The Balaban J connectivity index is 0.974. The van der Waals surface area contributed by atoms with Gasteiger partial charge in [-0.1, -0.05) is 164 Å². The Kier molecular flexibility index (Phi) is 7.63. The monoisotopic (exact) mass is 789 g/mol. The van der Waals surface area contributed by atoms with E-state index < -0.39 is 6.17 Å². The van der Waals surface area contributed by atoms with Gasteiger partial charge in [-0.05, 0) is 98.4 Å². The SMILES string of the molecule is c1ccc(-n2c3ccccc3c3c(-c4ccc5c(c4)c4ccccc4n5-c4cccc(C5N=C(c6cccc7ccccc67)c6ccc7ccccc7c6[N-]5)c4)cccc32)cc1. The summed E-state index contributed by atoms with van der Waals surface area (Å²) in [6.45, 7) is 0. The molecule has 0 fully saturated rings. The minimum absolute atomic E-state index is 0.430. The maximum atomic E-state index is 5.52. The van der Waals surface area contributed by atoms with Gasteiger partial charge >= 0.3 is 0 Å². The number of benzene rings is 10. The van der Waals surface area contributed by atoms with E-state index in [2.05, 4.69) is 228 Å². The van der Waals surface area contributed by atoms with Crippen LogP contribution in [0.15, 0.2) is 223 Å². The first-order valence-corrected chi connectivity index (χ1v) is 21.3. The van der Waals surface area contributed by atoms with Crippen LogP contribution in [0.1, 0.15) is 22.9 Å². The number of para-hydroxylation sites is 3. The Labute approximate surface area is 358 Å². The number of hydrogen-bond donors (Lipinski definition) is 0. The molecule has 0 bridgehead atoms. The summed E-state index contributed by atoms with van der Waals surface area (Å²) < 4.78 is 4.79. The molecule has 0 amide bonds. The summed E-state index contributed by atoms with van der Waals surface area (Å²) in [5.74, 6) is 0. The van der Waals surface area contributed by atoms with Gasteiger partial charge in [-0.15, -0.1) is 5.69 Å². The summed E-state index contributed by atoms with van der Waals surface area (Å²) in [7, 11) is 0. The molecule has 0 radical (unpaired) electrons. The molecule has 1 unspecified atom stereocenters. The van der Waals surface area contributed by atoms with E-state index in [9.17, 15) is 0 Å². The number of hydrogen-bond acceptors (Lipinski definition) is 1. The number of nitrogens with zero attached hydrogens (tertiary/aromatic N) is 4. The lowest BCUT2D eigenvalue weighted by molar-refractivity contribution is 0.872. The number of rotatable bonds is 5. The molecule has 2 aromatic heterocycles. The minimum Gasteiger partial charge on any atom is -0.659 e. The fraction of sp³-hybridized carbons (Fsp3) is 0.0172. The largest absolute Gasteiger partial charge is 0.659 e. The fourth-order valence-electron chi connectivity index (χ4n) is 10.1. The normalized spacial score (nSPS) is 13.9. The van der Waals surface area contributed by atoms with Crippen LogP contribution in [0.25, 0.3) is 93.0 Å². The van der Waals surface area contributed by atoms with Crippen LogP contribution >= 0.6 is 0 Å². The van der Waals surface area contributed by atoms with Gasteiger partial charge in [0.1, 0.15) is 0 Å². The van der Waals surface area contributed by atoms with Crippen LogP contribution < -0.4 is 0 Å². The van der Waals surface area contributed by atoms with E-state index in [0.29, 0.717) is 0 Å². The van der Waals surface area contributed by atoms with Gasteiger partial charge in [0.2, 0.25) is 0 Å². The molecule has 1 aliphatic rings. The third kappa shape index (κ3) is 5.23.